The lowest BCUT2D eigenvalue weighted by Gasteiger charge is -2.24. The van der Waals surface area contributed by atoms with Crippen molar-refractivity contribution < 1.29 is 9.53 Å². The summed E-state index contributed by atoms with van der Waals surface area (Å²) < 4.78 is 5.74. The highest BCUT2D eigenvalue weighted by Gasteiger charge is 2.28. The fraction of sp³-hybridized carbons (Fsp3) is 0.533. The summed E-state index contributed by atoms with van der Waals surface area (Å²) in [5.41, 5.74) is 6.54. The summed E-state index contributed by atoms with van der Waals surface area (Å²) in [5.74, 6) is 0.0507. The quantitative estimate of drug-likeness (QED) is 0.821. The van der Waals surface area contributed by atoms with Gasteiger partial charge in [-0.15, -0.1) is 0 Å². The maximum absolute atomic E-state index is 11.9. The highest BCUT2D eigenvalue weighted by molar-refractivity contribution is 5.76. The minimum absolute atomic E-state index is 0.0472. The number of hydrogen-bond donors (Lipinski definition) is 2. The maximum Gasteiger partial charge on any atom is 0.220 e. The predicted octanol–water partition coefficient (Wildman–Crippen LogP) is 1.76. The van der Waals surface area contributed by atoms with Gasteiger partial charge in [-0.25, -0.2) is 0 Å². The van der Waals surface area contributed by atoms with Gasteiger partial charge in [-0.1, -0.05) is 30.3 Å². The van der Waals surface area contributed by atoms with E-state index in [0.717, 1.165) is 31.4 Å². The Hall–Kier alpha value is -1.39. The molecule has 2 rings (SSSR count). The van der Waals surface area contributed by atoms with Crippen molar-refractivity contribution in [3.05, 3.63) is 35.9 Å². The number of ether oxygens (including phenoxy) is 1. The molecule has 0 aliphatic carbocycles. The predicted molar refractivity (Wildman–Crippen MR) is 74.6 cm³/mol. The summed E-state index contributed by atoms with van der Waals surface area (Å²) in [7, 11) is 0. The molecular formula is C15H22N2O2. The zero-order valence-electron chi connectivity index (χ0n) is 11.2. The Kier molecular flexibility index (Phi) is 5.36. The van der Waals surface area contributed by atoms with E-state index in [9.17, 15) is 4.79 Å². The average molecular weight is 262 g/mol. The number of benzene rings is 1. The van der Waals surface area contributed by atoms with Gasteiger partial charge >= 0.3 is 0 Å². The smallest absolute Gasteiger partial charge is 0.220 e. The molecule has 104 valence electrons. The lowest BCUT2D eigenvalue weighted by atomic mass is 9.99. The maximum atomic E-state index is 11.9. The van der Waals surface area contributed by atoms with Crippen molar-refractivity contribution in [3.63, 3.8) is 0 Å². The van der Waals surface area contributed by atoms with Gasteiger partial charge in [0.15, 0.2) is 0 Å². The minimum Gasteiger partial charge on any atom is -0.376 e. The van der Waals surface area contributed by atoms with Crippen LogP contribution in [0.2, 0.25) is 0 Å². The number of nitrogens with two attached hydrogens (primary N) is 1. The number of carbonyl (C=O) groups is 1. The van der Waals surface area contributed by atoms with Gasteiger partial charge in [-0.2, -0.15) is 0 Å². The van der Waals surface area contributed by atoms with E-state index >= 15 is 0 Å². The zero-order valence-corrected chi connectivity index (χ0v) is 11.2. The second-order valence-corrected chi connectivity index (χ2v) is 4.90. The SMILES string of the molecule is NCCCC(=O)N[C@@H](c1ccccc1)[C@H]1CCCO1. The first-order chi connectivity index (χ1) is 9.31. The van der Waals surface area contributed by atoms with Crippen molar-refractivity contribution in [2.24, 2.45) is 5.73 Å². The van der Waals surface area contributed by atoms with Crippen molar-refractivity contribution >= 4 is 5.91 Å². The Morgan fingerprint density at radius 2 is 2.21 bits per heavy atom. The average Bonchev–Trinajstić information content (AvgIpc) is 2.97. The van der Waals surface area contributed by atoms with Gasteiger partial charge in [0.1, 0.15) is 0 Å². The van der Waals surface area contributed by atoms with Crippen LogP contribution in [0, 0.1) is 0 Å². The minimum atomic E-state index is -0.0472. The van der Waals surface area contributed by atoms with E-state index in [1.54, 1.807) is 0 Å². The molecule has 1 fully saturated rings. The van der Waals surface area contributed by atoms with E-state index in [-0.39, 0.29) is 18.1 Å². The first-order valence-electron chi connectivity index (χ1n) is 6.97. The Morgan fingerprint density at radius 3 is 2.84 bits per heavy atom. The van der Waals surface area contributed by atoms with Crippen LogP contribution < -0.4 is 11.1 Å². The molecule has 19 heavy (non-hydrogen) atoms. The van der Waals surface area contributed by atoms with E-state index < -0.39 is 0 Å². The molecule has 2 atom stereocenters. The molecule has 0 spiro atoms. The number of hydrogen-bond acceptors (Lipinski definition) is 3. The molecule has 1 heterocycles. The molecule has 0 bridgehead atoms. The van der Waals surface area contributed by atoms with Crippen molar-refractivity contribution in [2.75, 3.05) is 13.2 Å². The first-order valence-corrected chi connectivity index (χ1v) is 6.97. The lowest BCUT2D eigenvalue weighted by molar-refractivity contribution is -0.122. The fourth-order valence-corrected chi connectivity index (χ4v) is 2.42. The topological polar surface area (TPSA) is 64.4 Å². The number of rotatable bonds is 6. The van der Waals surface area contributed by atoms with Gasteiger partial charge in [0.25, 0.3) is 0 Å². The Labute approximate surface area is 114 Å². The third kappa shape index (κ3) is 4.04. The standard InChI is InChI=1S/C15H22N2O2/c16-10-4-9-14(18)17-15(13-8-5-11-19-13)12-6-2-1-3-7-12/h1-3,6-7,13,15H,4-5,8-11,16H2,(H,17,18)/t13-,15+/m1/s1. The molecule has 0 saturated carbocycles. The lowest BCUT2D eigenvalue weighted by Crippen LogP contribution is -2.36. The molecule has 1 saturated heterocycles. The molecule has 0 aromatic heterocycles. The van der Waals surface area contributed by atoms with E-state index in [4.69, 9.17) is 10.5 Å². The molecule has 0 unspecified atom stereocenters. The number of carbonyl (C=O) groups excluding carboxylic acids is 1. The molecule has 1 aromatic rings. The molecule has 3 N–H and O–H groups in total. The molecule has 4 heteroatoms. The van der Waals surface area contributed by atoms with Gasteiger partial charge < -0.3 is 15.8 Å². The van der Waals surface area contributed by atoms with Crippen molar-refractivity contribution in [1.82, 2.24) is 5.32 Å². The second-order valence-electron chi connectivity index (χ2n) is 4.90. The van der Waals surface area contributed by atoms with E-state index in [0.29, 0.717) is 13.0 Å². The zero-order chi connectivity index (χ0) is 13.5. The van der Waals surface area contributed by atoms with E-state index in [1.807, 2.05) is 30.3 Å². The van der Waals surface area contributed by atoms with Crippen LogP contribution >= 0.6 is 0 Å². The van der Waals surface area contributed by atoms with Crippen LogP contribution in [-0.4, -0.2) is 25.2 Å². The van der Waals surface area contributed by atoms with Gasteiger partial charge in [-0.05, 0) is 31.4 Å². The summed E-state index contributed by atoms with van der Waals surface area (Å²) >= 11 is 0. The third-order valence-electron chi connectivity index (χ3n) is 3.42. The number of nitrogens with one attached hydrogen (secondary N) is 1. The summed E-state index contributed by atoms with van der Waals surface area (Å²) in [6, 6.07) is 9.98. The Morgan fingerprint density at radius 1 is 1.42 bits per heavy atom. The second kappa shape index (κ2) is 7.26. The largest absolute Gasteiger partial charge is 0.376 e. The summed E-state index contributed by atoms with van der Waals surface area (Å²) in [4.78, 5) is 11.9. The van der Waals surface area contributed by atoms with Crippen LogP contribution in [0.1, 0.15) is 37.3 Å². The highest BCUT2D eigenvalue weighted by Crippen LogP contribution is 2.26. The number of amides is 1. The van der Waals surface area contributed by atoms with Crippen molar-refractivity contribution in [3.8, 4) is 0 Å². The fourth-order valence-electron chi connectivity index (χ4n) is 2.42. The van der Waals surface area contributed by atoms with Gasteiger partial charge in [0, 0.05) is 13.0 Å². The van der Waals surface area contributed by atoms with E-state index in [2.05, 4.69) is 5.32 Å². The van der Waals surface area contributed by atoms with Crippen LogP contribution in [0.3, 0.4) is 0 Å². The summed E-state index contributed by atoms with van der Waals surface area (Å²) in [5, 5.41) is 3.09. The molecule has 1 aromatic carbocycles. The van der Waals surface area contributed by atoms with Crippen LogP contribution in [0.5, 0.6) is 0 Å². The summed E-state index contributed by atoms with van der Waals surface area (Å²) in [6.07, 6.45) is 3.35. The normalized spacial score (nSPS) is 20.2. The molecule has 1 aliphatic rings. The Bertz CT molecular complexity index is 388. The van der Waals surface area contributed by atoms with Crippen LogP contribution in [0.15, 0.2) is 30.3 Å². The van der Waals surface area contributed by atoms with E-state index in [1.165, 1.54) is 0 Å². The van der Waals surface area contributed by atoms with Crippen LogP contribution in [-0.2, 0) is 9.53 Å². The Balaban J connectivity index is 2.04. The molecular weight excluding hydrogens is 240 g/mol. The van der Waals surface area contributed by atoms with Crippen LogP contribution in [0.4, 0.5) is 0 Å². The molecule has 1 amide bonds. The molecule has 1 aliphatic heterocycles. The van der Waals surface area contributed by atoms with Crippen LogP contribution in [0.25, 0.3) is 0 Å². The van der Waals surface area contributed by atoms with Gasteiger partial charge in [-0.3, -0.25) is 4.79 Å². The summed E-state index contributed by atoms with van der Waals surface area (Å²) in [6.45, 7) is 1.33. The third-order valence-corrected chi connectivity index (χ3v) is 3.42. The van der Waals surface area contributed by atoms with Crippen molar-refractivity contribution in [2.45, 2.75) is 37.8 Å². The monoisotopic (exact) mass is 262 g/mol. The van der Waals surface area contributed by atoms with Gasteiger partial charge in [0.05, 0.1) is 12.1 Å². The highest BCUT2D eigenvalue weighted by atomic mass is 16.5. The van der Waals surface area contributed by atoms with Gasteiger partial charge in [0.2, 0.25) is 5.91 Å². The molecule has 0 radical (unpaired) electrons. The first kappa shape index (κ1) is 14.0. The van der Waals surface area contributed by atoms with Crippen molar-refractivity contribution in [1.29, 1.82) is 0 Å². The molecule has 4 nitrogen and oxygen atoms in total.